The molecule has 4 rings (SSSR count). The number of aryl methyl sites for hydroxylation is 4. The Hall–Kier alpha value is -1.69. The molecule has 2 aliphatic carbocycles. The molecule has 0 saturated heterocycles. The van der Waals surface area contributed by atoms with Gasteiger partial charge in [0.25, 0.3) is 0 Å². The van der Waals surface area contributed by atoms with E-state index < -0.39 is 16.6 Å². The fourth-order valence-corrected chi connectivity index (χ4v) is 9.21. The Labute approximate surface area is 168 Å². The van der Waals surface area contributed by atoms with Gasteiger partial charge in [-0.15, -0.1) is 13.2 Å². The van der Waals surface area contributed by atoms with Crippen molar-refractivity contribution in [3.63, 3.8) is 0 Å². The molecule has 0 fully saturated rings. The average molecular weight is 395 g/mol. The minimum atomic E-state index is -1.74. The lowest BCUT2D eigenvalue weighted by molar-refractivity contribution is 0.571. The fourth-order valence-electron chi connectivity index (χ4n) is 3.10. The Morgan fingerprint density at radius 1 is 0.667 bits per heavy atom. The molecule has 0 aromatic heterocycles. The fraction of sp³-hybridized carbons (Fsp3) is 0.333. The molecular formula is C24H34OSi2. The van der Waals surface area contributed by atoms with E-state index in [2.05, 4.69) is 87.9 Å². The highest BCUT2D eigenvalue weighted by Gasteiger charge is 2.28. The zero-order valence-electron chi connectivity index (χ0n) is 17.4. The summed E-state index contributed by atoms with van der Waals surface area (Å²) < 4.78 is 5.97. The second-order valence-corrected chi connectivity index (χ2v) is 16.6. The molecule has 0 aliphatic heterocycles. The largest absolute Gasteiger partial charge is 0.450 e. The van der Waals surface area contributed by atoms with E-state index in [1.165, 1.54) is 25.7 Å². The van der Waals surface area contributed by atoms with E-state index in [0.29, 0.717) is 0 Å². The molecule has 0 N–H and O–H groups in total. The minimum Gasteiger partial charge on any atom is -0.450 e. The Morgan fingerprint density at radius 3 is 1.07 bits per heavy atom. The summed E-state index contributed by atoms with van der Waals surface area (Å²) in [6, 6.07) is 17.3. The summed E-state index contributed by atoms with van der Waals surface area (Å²) in [5, 5.41) is 0. The Morgan fingerprint density at radius 2 is 0.963 bits per heavy atom. The van der Waals surface area contributed by atoms with Gasteiger partial charge in [0.2, 0.25) is 8.32 Å². The molecule has 0 unspecified atom stereocenters. The van der Waals surface area contributed by atoms with Crippen molar-refractivity contribution in [2.24, 2.45) is 0 Å². The van der Waals surface area contributed by atoms with E-state index in [1.807, 2.05) is 11.4 Å². The van der Waals surface area contributed by atoms with Crippen molar-refractivity contribution in [2.45, 2.75) is 51.9 Å². The molecule has 0 amide bonds. The zero-order valence-corrected chi connectivity index (χ0v) is 19.4. The molecule has 0 spiro atoms. The van der Waals surface area contributed by atoms with Gasteiger partial charge in [-0.05, 0) is 74.1 Å². The van der Waals surface area contributed by atoms with E-state index in [1.54, 1.807) is 22.3 Å². The van der Waals surface area contributed by atoms with Gasteiger partial charge in [0.1, 0.15) is 0 Å². The topological polar surface area (TPSA) is 9.23 Å². The van der Waals surface area contributed by atoms with Crippen molar-refractivity contribution in [1.82, 2.24) is 0 Å². The summed E-state index contributed by atoms with van der Waals surface area (Å²) in [5.74, 6) is 0. The summed E-state index contributed by atoms with van der Waals surface area (Å²) in [4.78, 5) is 0. The standard InChI is InChI=1S/C8H18OSi2.2C8H8/c1-7-11(6,8-2)9-10(3,4)5;2*1-2-4-8-6-5-7(8)3-1/h7-8H,1-2H2,3-6H3;2*1-4H,5-6H2. The summed E-state index contributed by atoms with van der Waals surface area (Å²) in [5.41, 5.74) is 10.1. The quantitative estimate of drug-likeness (QED) is 0.543. The number of hydrogen-bond acceptors (Lipinski definition) is 1. The number of benzene rings is 2. The molecule has 27 heavy (non-hydrogen) atoms. The molecule has 144 valence electrons. The van der Waals surface area contributed by atoms with Crippen molar-refractivity contribution in [3.05, 3.63) is 95.3 Å². The molecule has 0 atom stereocenters. The highest BCUT2D eigenvalue weighted by Crippen LogP contribution is 2.21. The van der Waals surface area contributed by atoms with E-state index in [-0.39, 0.29) is 0 Å². The maximum absolute atomic E-state index is 5.97. The van der Waals surface area contributed by atoms with E-state index in [9.17, 15) is 0 Å². The van der Waals surface area contributed by atoms with Crippen molar-refractivity contribution < 1.29 is 4.12 Å². The van der Waals surface area contributed by atoms with Crippen LogP contribution in [-0.2, 0) is 29.8 Å². The molecule has 2 aliphatic rings. The van der Waals surface area contributed by atoms with Crippen molar-refractivity contribution >= 4 is 16.6 Å². The van der Waals surface area contributed by atoms with Crippen LogP contribution in [0, 0.1) is 0 Å². The van der Waals surface area contributed by atoms with Gasteiger partial charge in [0.05, 0.1) is 0 Å². The Kier molecular flexibility index (Phi) is 7.60. The van der Waals surface area contributed by atoms with Gasteiger partial charge >= 0.3 is 0 Å². The van der Waals surface area contributed by atoms with Crippen molar-refractivity contribution in [3.8, 4) is 0 Å². The molecule has 1 nitrogen and oxygen atoms in total. The van der Waals surface area contributed by atoms with Crippen LogP contribution in [0.25, 0.3) is 0 Å². The van der Waals surface area contributed by atoms with Crippen LogP contribution in [0.5, 0.6) is 0 Å². The van der Waals surface area contributed by atoms with Gasteiger partial charge in [0, 0.05) is 0 Å². The molecule has 0 radical (unpaired) electrons. The second-order valence-electron chi connectivity index (χ2n) is 8.34. The van der Waals surface area contributed by atoms with Gasteiger partial charge in [-0.3, -0.25) is 0 Å². The third-order valence-corrected chi connectivity index (χ3v) is 10.7. The summed E-state index contributed by atoms with van der Waals surface area (Å²) in [6.07, 6.45) is 5.21. The lowest BCUT2D eigenvalue weighted by Crippen LogP contribution is -2.41. The maximum Gasteiger partial charge on any atom is 0.226 e. The molecule has 2 aromatic carbocycles. The molecular weight excluding hydrogens is 360 g/mol. The lowest BCUT2D eigenvalue weighted by atomic mass is 9.89. The minimum absolute atomic E-state index is 1.30. The van der Waals surface area contributed by atoms with Crippen LogP contribution in [0.1, 0.15) is 22.3 Å². The monoisotopic (exact) mass is 394 g/mol. The molecule has 0 saturated carbocycles. The highest BCUT2D eigenvalue weighted by atomic mass is 28.4. The summed E-state index contributed by atoms with van der Waals surface area (Å²) in [7, 11) is -3.16. The van der Waals surface area contributed by atoms with Crippen LogP contribution >= 0.6 is 0 Å². The third kappa shape index (κ3) is 6.76. The maximum atomic E-state index is 5.97. The first kappa shape index (κ1) is 21.6. The third-order valence-electron chi connectivity index (χ3n) is 4.90. The summed E-state index contributed by atoms with van der Waals surface area (Å²) in [6.45, 7) is 16.2. The van der Waals surface area contributed by atoms with E-state index >= 15 is 0 Å². The molecule has 2 aromatic rings. The van der Waals surface area contributed by atoms with E-state index in [0.717, 1.165) is 0 Å². The first-order valence-corrected chi connectivity index (χ1v) is 15.8. The highest BCUT2D eigenvalue weighted by molar-refractivity contribution is 6.90. The van der Waals surface area contributed by atoms with Crippen LogP contribution in [-0.4, -0.2) is 16.6 Å². The Balaban J connectivity index is 0.000000147. The van der Waals surface area contributed by atoms with Gasteiger partial charge in [-0.1, -0.05) is 59.9 Å². The van der Waals surface area contributed by atoms with Gasteiger partial charge in [-0.2, -0.15) is 0 Å². The van der Waals surface area contributed by atoms with Crippen LogP contribution < -0.4 is 0 Å². The lowest BCUT2D eigenvalue weighted by Gasteiger charge is -2.29. The van der Waals surface area contributed by atoms with Gasteiger partial charge < -0.3 is 4.12 Å². The first-order chi connectivity index (χ1) is 12.8. The molecule has 0 heterocycles. The van der Waals surface area contributed by atoms with Crippen LogP contribution in [0.2, 0.25) is 26.2 Å². The molecule has 0 bridgehead atoms. The summed E-state index contributed by atoms with van der Waals surface area (Å²) >= 11 is 0. The number of fused-ring (bicyclic) bond motifs is 2. The number of hydrogen-bond donors (Lipinski definition) is 0. The predicted octanol–water partition coefficient (Wildman–Crippen LogP) is 6.43. The predicted molar refractivity (Wildman–Crippen MR) is 124 cm³/mol. The van der Waals surface area contributed by atoms with E-state index in [4.69, 9.17) is 4.12 Å². The first-order valence-electron chi connectivity index (χ1n) is 9.87. The average Bonchev–Trinajstić information content (AvgIpc) is 2.57. The van der Waals surface area contributed by atoms with Gasteiger partial charge in [-0.25, -0.2) is 0 Å². The van der Waals surface area contributed by atoms with Crippen LogP contribution in [0.4, 0.5) is 0 Å². The molecule has 3 heteroatoms. The Bertz CT molecular complexity index is 672. The number of rotatable bonds is 4. The van der Waals surface area contributed by atoms with Crippen molar-refractivity contribution in [1.29, 1.82) is 0 Å². The second kappa shape index (κ2) is 9.49. The van der Waals surface area contributed by atoms with Crippen LogP contribution in [0.15, 0.2) is 73.1 Å². The van der Waals surface area contributed by atoms with Gasteiger partial charge in [0.15, 0.2) is 8.32 Å². The smallest absolute Gasteiger partial charge is 0.226 e. The normalized spacial score (nSPS) is 13.8. The van der Waals surface area contributed by atoms with Crippen LogP contribution in [0.3, 0.4) is 0 Å². The van der Waals surface area contributed by atoms with Crippen molar-refractivity contribution in [2.75, 3.05) is 0 Å². The SMILES string of the molecule is C=C[Si](C)(C=C)O[Si](C)(C)C.c1ccc2c(c1)CC2.c1ccc2c(c1)CC2. The zero-order chi connectivity index (χ0) is 19.9.